The molecule has 0 fully saturated rings. The number of nitrogens with one attached hydrogen (secondary N) is 1. The van der Waals surface area contributed by atoms with Gasteiger partial charge in [0.2, 0.25) is 0 Å². The number of amides is 1. The van der Waals surface area contributed by atoms with Gasteiger partial charge in [-0.25, -0.2) is 4.79 Å². The van der Waals surface area contributed by atoms with Gasteiger partial charge in [-0.05, 0) is 6.07 Å². The monoisotopic (exact) mass is 445 g/mol. The lowest BCUT2D eigenvalue weighted by molar-refractivity contribution is 0.0692. The molecule has 0 saturated carbocycles. The molecule has 0 spiro atoms. The summed E-state index contributed by atoms with van der Waals surface area (Å²) >= 11 is 35.7. The Balaban J connectivity index is 3.07. The average Bonchev–Trinajstić information content (AvgIpc) is 2.54. The minimum absolute atomic E-state index is 0.0471. The lowest BCUT2D eigenvalue weighted by atomic mass is 9.94. The highest BCUT2D eigenvalue weighted by molar-refractivity contribution is 6.52. The van der Waals surface area contributed by atoms with Crippen molar-refractivity contribution in [1.82, 2.24) is 4.84 Å². The second-order valence-electron chi connectivity index (χ2n) is 4.40. The summed E-state index contributed by atoms with van der Waals surface area (Å²) < 4.78 is 0. The molecule has 2 N–H and O–H groups in total. The minimum atomic E-state index is -1.49. The third kappa shape index (κ3) is 3.27. The molecule has 10 heteroatoms. The molecule has 0 aliphatic heterocycles. The zero-order valence-electron chi connectivity index (χ0n) is 11.3. The molecular weight excluding hydrogens is 443 g/mol. The van der Waals surface area contributed by atoms with Crippen LogP contribution < -0.4 is 4.84 Å². The van der Waals surface area contributed by atoms with Gasteiger partial charge in [-0.1, -0.05) is 70.1 Å². The quantitative estimate of drug-likeness (QED) is 0.434. The number of aromatic carboxylic acids is 1. The minimum Gasteiger partial charge on any atom is -0.478 e. The Labute approximate surface area is 166 Å². The normalized spacial score (nSPS) is 10.6. The van der Waals surface area contributed by atoms with Gasteiger partial charge in [-0.3, -0.25) is 9.63 Å². The Bertz CT molecular complexity index is 868. The number of hydrogen-bond acceptors (Lipinski definition) is 2. The number of carboxylic acids is 1. The number of rotatable bonds is 3. The van der Waals surface area contributed by atoms with E-state index in [9.17, 15) is 14.7 Å². The van der Waals surface area contributed by atoms with E-state index < -0.39 is 22.5 Å². The van der Waals surface area contributed by atoms with Gasteiger partial charge in [-0.2, -0.15) is 0 Å². The maximum Gasteiger partial charge on any atom is 0.338 e. The van der Waals surface area contributed by atoms with Gasteiger partial charge in [0.05, 0.1) is 36.2 Å². The topological polar surface area (TPSA) is 66.4 Å². The Kier molecular flexibility index (Phi) is 6.13. The van der Waals surface area contributed by atoms with E-state index in [-0.39, 0.29) is 36.8 Å². The molecule has 0 bridgehead atoms. The molecule has 0 aliphatic rings. The molecule has 2 aromatic carbocycles. The number of hydrogen-bond donors (Lipinski definition) is 2. The first kappa shape index (κ1) is 19.4. The Morgan fingerprint density at radius 2 is 1.50 bits per heavy atom. The van der Waals surface area contributed by atoms with Gasteiger partial charge < -0.3 is 5.11 Å². The van der Waals surface area contributed by atoms with E-state index in [0.717, 1.165) is 0 Å². The first-order valence-electron chi connectivity index (χ1n) is 6.01. The number of halogens is 6. The Morgan fingerprint density at radius 3 is 2.04 bits per heavy atom. The van der Waals surface area contributed by atoms with Gasteiger partial charge in [0.1, 0.15) is 0 Å². The smallest absolute Gasteiger partial charge is 0.338 e. The second-order valence-corrected chi connectivity index (χ2v) is 6.51. The van der Waals surface area contributed by atoms with Crippen molar-refractivity contribution in [3.63, 3.8) is 0 Å². The van der Waals surface area contributed by atoms with Crippen LogP contribution in [0.25, 0.3) is 11.1 Å². The largest absolute Gasteiger partial charge is 0.478 e. The van der Waals surface area contributed by atoms with Crippen molar-refractivity contribution >= 4 is 81.7 Å². The van der Waals surface area contributed by atoms with E-state index in [1.165, 1.54) is 12.1 Å². The summed E-state index contributed by atoms with van der Waals surface area (Å²) in [5.74, 6) is -2.44. The molecule has 24 heavy (non-hydrogen) atoms. The van der Waals surface area contributed by atoms with Crippen LogP contribution in [0.1, 0.15) is 20.7 Å². The van der Waals surface area contributed by atoms with Crippen molar-refractivity contribution < 1.29 is 14.7 Å². The first-order chi connectivity index (χ1) is 11.2. The summed E-state index contributed by atoms with van der Waals surface area (Å²) in [6.07, 6.45) is 0. The lowest BCUT2D eigenvalue weighted by Gasteiger charge is -2.17. The van der Waals surface area contributed by atoms with Gasteiger partial charge in [0, 0.05) is 22.9 Å². The van der Waals surface area contributed by atoms with E-state index in [1.807, 2.05) is 4.84 Å². The van der Waals surface area contributed by atoms with Crippen LogP contribution in [0.5, 0.6) is 0 Å². The van der Waals surface area contributed by atoms with E-state index in [4.69, 9.17) is 69.8 Å². The van der Waals surface area contributed by atoms with Crippen LogP contribution in [0.4, 0.5) is 0 Å². The van der Waals surface area contributed by atoms with Crippen LogP contribution in [0.3, 0.4) is 0 Å². The molecule has 0 aromatic heterocycles. The molecule has 0 heterocycles. The molecule has 4 nitrogen and oxygen atoms in total. The maximum atomic E-state index is 12.2. The summed E-state index contributed by atoms with van der Waals surface area (Å²) in [6.45, 7) is 0. The number of carbonyl (C=O) groups excluding carboxylic acids is 1. The molecular formula is C14H5Cl6NO3. The van der Waals surface area contributed by atoms with Crippen LogP contribution in [0.2, 0.25) is 25.1 Å². The van der Waals surface area contributed by atoms with E-state index in [0.29, 0.717) is 0 Å². The van der Waals surface area contributed by atoms with Crippen LogP contribution >= 0.6 is 69.8 Å². The summed E-state index contributed by atoms with van der Waals surface area (Å²) in [7, 11) is 0. The summed E-state index contributed by atoms with van der Waals surface area (Å²) in [4.78, 5) is 25.6. The lowest BCUT2D eigenvalue weighted by Crippen LogP contribution is -2.19. The fourth-order valence-electron chi connectivity index (χ4n) is 2.09. The molecule has 126 valence electrons. The molecule has 2 rings (SSSR count). The Morgan fingerprint density at radius 1 is 0.875 bits per heavy atom. The summed E-state index contributed by atoms with van der Waals surface area (Å²) in [5.41, 5.74) is -0.795. The predicted molar refractivity (Wildman–Crippen MR) is 97.2 cm³/mol. The molecule has 1 amide bonds. The zero-order valence-corrected chi connectivity index (χ0v) is 15.8. The maximum absolute atomic E-state index is 12.2. The fourth-order valence-corrected chi connectivity index (χ4v) is 3.37. The van der Waals surface area contributed by atoms with Gasteiger partial charge >= 0.3 is 5.97 Å². The highest BCUT2D eigenvalue weighted by Crippen LogP contribution is 2.46. The molecule has 0 radical (unpaired) electrons. The van der Waals surface area contributed by atoms with Crippen LogP contribution in [-0.2, 0) is 0 Å². The number of carbonyl (C=O) groups is 2. The van der Waals surface area contributed by atoms with E-state index >= 15 is 0 Å². The SMILES string of the molecule is O=C(O)c1c(Cl)c(Cl)c(Cl)c(-c2cccc(Cl)c2Cl)c1C(=O)NCl. The van der Waals surface area contributed by atoms with Crippen molar-refractivity contribution in [2.75, 3.05) is 0 Å². The van der Waals surface area contributed by atoms with Crippen LogP contribution in [0.15, 0.2) is 18.2 Å². The van der Waals surface area contributed by atoms with Crippen molar-refractivity contribution in [2.24, 2.45) is 0 Å². The standard InChI is InChI=1S/C14H5Cl6NO3/c15-5-3-1-2-4(9(5)16)6-7(13(22)21-20)8(14(23)24)11(18)12(19)10(6)17/h1-3H,(H,21,22)(H,23,24). The van der Waals surface area contributed by atoms with Crippen LogP contribution in [-0.4, -0.2) is 17.0 Å². The molecule has 0 atom stereocenters. The fraction of sp³-hybridized carbons (Fsp3) is 0. The van der Waals surface area contributed by atoms with Crippen molar-refractivity contribution in [1.29, 1.82) is 0 Å². The Hall–Kier alpha value is -0.880. The van der Waals surface area contributed by atoms with E-state index in [1.54, 1.807) is 6.07 Å². The summed E-state index contributed by atoms with van der Waals surface area (Å²) in [6, 6.07) is 4.56. The van der Waals surface area contributed by atoms with E-state index in [2.05, 4.69) is 0 Å². The van der Waals surface area contributed by atoms with Gasteiger partial charge in [-0.15, -0.1) is 0 Å². The van der Waals surface area contributed by atoms with Gasteiger partial charge in [0.25, 0.3) is 5.91 Å². The first-order valence-corrected chi connectivity index (χ1v) is 8.28. The van der Waals surface area contributed by atoms with Crippen molar-refractivity contribution in [2.45, 2.75) is 0 Å². The molecule has 0 saturated heterocycles. The predicted octanol–water partition coefficient (Wildman–Crippen LogP) is 6.20. The highest BCUT2D eigenvalue weighted by Gasteiger charge is 2.31. The third-order valence-corrected chi connectivity index (χ3v) is 5.39. The third-order valence-electron chi connectivity index (χ3n) is 3.07. The molecule has 2 aromatic rings. The van der Waals surface area contributed by atoms with Crippen LogP contribution in [0, 0.1) is 0 Å². The average molecular weight is 448 g/mol. The van der Waals surface area contributed by atoms with Crippen molar-refractivity contribution in [3.8, 4) is 11.1 Å². The summed E-state index contributed by atoms with van der Waals surface area (Å²) in [5, 5.41) is 8.86. The molecule has 0 unspecified atom stereocenters. The molecule has 0 aliphatic carbocycles. The van der Waals surface area contributed by atoms with Crippen molar-refractivity contribution in [3.05, 3.63) is 54.4 Å². The number of benzene rings is 2. The second kappa shape index (κ2) is 7.56. The van der Waals surface area contributed by atoms with Gasteiger partial charge in [0.15, 0.2) is 0 Å². The highest BCUT2D eigenvalue weighted by atomic mass is 35.5. The number of carboxylic acid groups (broad SMARTS) is 1. The zero-order chi connectivity index (χ0) is 18.2.